The summed E-state index contributed by atoms with van der Waals surface area (Å²) >= 11 is 0. The third kappa shape index (κ3) is 2.81. The SMILES string of the molecule is CNc1ncc2cc(NC(=O)c3ccccc3)ccc2n1. The lowest BCUT2D eigenvalue weighted by Crippen LogP contribution is -2.11. The molecule has 3 aromatic rings. The molecule has 0 spiro atoms. The van der Waals surface area contributed by atoms with E-state index in [9.17, 15) is 4.79 Å². The Labute approximate surface area is 122 Å². The van der Waals surface area contributed by atoms with Crippen LogP contribution in [0.2, 0.25) is 0 Å². The number of carbonyl (C=O) groups is 1. The van der Waals surface area contributed by atoms with Crippen LogP contribution in [-0.4, -0.2) is 22.9 Å². The number of benzene rings is 2. The molecule has 21 heavy (non-hydrogen) atoms. The van der Waals surface area contributed by atoms with Crippen LogP contribution in [0.25, 0.3) is 10.9 Å². The Morgan fingerprint density at radius 1 is 1.10 bits per heavy atom. The number of nitrogens with one attached hydrogen (secondary N) is 2. The summed E-state index contributed by atoms with van der Waals surface area (Å²) < 4.78 is 0. The Bertz CT molecular complexity index is 787. The van der Waals surface area contributed by atoms with Gasteiger partial charge in [0.25, 0.3) is 5.91 Å². The predicted octanol–water partition coefficient (Wildman–Crippen LogP) is 2.92. The molecule has 0 aliphatic carbocycles. The molecule has 3 rings (SSSR count). The Balaban J connectivity index is 1.86. The van der Waals surface area contributed by atoms with Crippen LogP contribution in [0.1, 0.15) is 10.4 Å². The highest BCUT2D eigenvalue weighted by molar-refractivity contribution is 6.05. The number of nitrogens with zero attached hydrogens (tertiary/aromatic N) is 2. The van der Waals surface area contributed by atoms with Gasteiger partial charge in [0.1, 0.15) is 0 Å². The maximum atomic E-state index is 12.1. The molecule has 5 nitrogen and oxygen atoms in total. The summed E-state index contributed by atoms with van der Waals surface area (Å²) in [7, 11) is 1.77. The Hall–Kier alpha value is -2.95. The van der Waals surface area contributed by atoms with E-state index >= 15 is 0 Å². The van der Waals surface area contributed by atoms with E-state index in [-0.39, 0.29) is 5.91 Å². The molecule has 2 aromatic carbocycles. The number of hydrogen-bond donors (Lipinski definition) is 2. The van der Waals surface area contributed by atoms with Crippen LogP contribution in [0, 0.1) is 0 Å². The normalized spacial score (nSPS) is 10.3. The molecule has 5 heteroatoms. The van der Waals surface area contributed by atoms with Crippen LogP contribution in [0.4, 0.5) is 11.6 Å². The molecule has 1 heterocycles. The molecule has 104 valence electrons. The smallest absolute Gasteiger partial charge is 0.255 e. The van der Waals surface area contributed by atoms with Gasteiger partial charge in [0.2, 0.25) is 5.95 Å². The summed E-state index contributed by atoms with van der Waals surface area (Å²) in [6, 6.07) is 14.6. The summed E-state index contributed by atoms with van der Waals surface area (Å²) in [5.74, 6) is 0.436. The van der Waals surface area contributed by atoms with Crippen molar-refractivity contribution in [2.45, 2.75) is 0 Å². The van der Waals surface area contributed by atoms with Gasteiger partial charge in [-0.2, -0.15) is 0 Å². The van der Waals surface area contributed by atoms with E-state index in [2.05, 4.69) is 20.6 Å². The molecule has 1 aromatic heterocycles. The summed E-state index contributed by atoms with van der Waals surface area (Å²) in [5, 5.41) is 6.64. The number of amides is 1. The van der Waals surface area contributed by atoms with Gasteiger partial charge < -0.3 is 10.6 Å². The molecule has 0 aliphatic heterocycles. The number of aromatic nitrogens is 2. The molecule has 0 saturated heterocycles. The van der Waals surface area contributed by atoms with E-state index in [1.165, 1.54) is 0 Å². The van der Waals surface area contributed by atoms with Crippen molar-refractivity contribution in [1.29, 1.82) is 0 Å². The van der Waals surface area contributed by atoms with Gasteiger partial charge in [-0.3, -0.25) is 4.79 Å². The monoisotopic (exact) mass is 278 g/mol. The van der Waals surface area contributed by atoms with Crippen LogP contribution in [0.3, 0.4) is 0 Å². The predicted molar refractivity (Wildman–Crippen MR) is 83.5 cm³/mol. The van der Waals surface area contributed by atoms with Crippen LogP contribution in [0.5, 0.6) is 0 Å². The second-order valence-electron chi connectivity index (χ2n) is 4.54. The molecule has 0 radical (unpaired) electrons. The third-order valence-electron chi connectivity index (χ3n) is 3.10. The molecule has 0 bridgehead atoms. The van der Waals surface area contributed by atoms with E-state index in [1.807, 2.05) is 36.4 Å². The first-order valence-electron chi connectivity index (χ1n) is 6.57. The molecule has 0 saturated carbocycles. The highest BCUT2D eigenvalue weighted by atomic mass is 16.1. The lowest BCUT2D eigenvalue weighted by molar-refractivity contribution is 0.102. The third-order valence-corrected chi connectivity index (χ3v) is 3.10. The summed E-state index contributed by atoms with van der Waals surface area (Å²) in [5.41, 5.74) is 2.17. The van der Waals surface area contributed by atoms with Crippen LogP contribution in [-0.2, 0) is 0 Å². The van der Waals surface area contributed by atoms with Crippen molar-refractivity contribution >= 4 is 28.4 Å². The maximum absolute atomic E-state index is 12.1. The zero-order valence-electron chi connectivity index (χ0n) is 11.5. The van der Waals surface area contributed by atoms with Crippen molar-refractivity contribution < 1.29 is 4.79 Å². The first-order valence-corrected chi connectivity index (χ1v) is 6.57. The maximum Gasteiger partial charge on any atom is 0.255 e. The summed E-state index contributed by atoms with van der Waals surface area (Å²) in [6.07, 6.45) is 1.73. The minimum Gasteiger partial charge on any atom is -0.357 e. The number of hydrogen-bond acceptors (Lipinski definition) is 4. The highest BCUT2D eigenvalue weighted by Gasteiger charge is 2.06. The first kappa shape index (κ1) is 13.1. The average Bonchev–Trinajstić information content (AvgIpc) is 2.55. The summed E-state index contributed by atoms with van der Waals surface area (Å²) in [6.45, 7) is 0. The van der Waals surface area contributed by atoms with Crippen molar-refractivity contribution in [3.05, 3.63) is 60.3 Å². The molecule has 0 fully saturated rings. The van der Waals surface area contributed by atoms with Gasteiger partial charge in [-0.25, -0.2) is 9.97 Å². The van der Waals surface area contributed by atoms with Gasteiger partial charge >= 0.3 is 0 Å². The van der Waals surface area contributed by atoms with Gasteiger partial charge in [-0.05, 0) is 30.3 Å². The molecule has 2 N–H and O–H groups in total. The van der Waals surface area contributed by atoms with E-state index in [0.29, 0.717) is 11.5 Å². The topological polar surface area (TPSA) is 66.9 Å². The molecular formula is C16H14N4O. The summed E-state index contributed by atoms with van der Waals surface area (Å²) in [4.78, 5) is 20.6. The highest BCUT2D eigenvalue weighted by Crippen LogP contribution is 2.18. The Morgan fingerprint density at radius 3 is 2.67 bits per heavy atom. The number of carbonyl (C=O) groups excluding carboxylic acids is 1. The van der Waals surface area contributed by atoms with Crippen molar-refractivity contribution in [3.8, 4) is 0 Å². The quantitative estimate of drug-likeness (QED) is 0.773. The molecule has 0 aliphatic rings. The van der Waals surface area contributed by atoms with Gasteiger partial charge in [-0.1, -0.05) is 18.2 Å². The minimum absolute atomic E-state index is 0.136. The second kappa shape index (κ2) is 5.58. The molecule has 0 atom stereocenters. The Kier molecular flexibility index (Phi) is 3.47. The number of rotatable bonds is 3. The van der Waals surface area contributed by atoms with E-state index in [0.717, 1.165) is 16.6 Å². The number of anilines is 2. The zero-order chi connectivity index (χ0) is 14.7. The molecule has 1 amide bonds. The van der Waals surface area contributed by atoms with Crippen LogP contribution < -0.4 is 10.6 Å². The first-order chi connectivity index (χ1) is 10.3. The standard InChI is InChI=1S/C16H14N4O/c1-17-16-18-10-12-9-13(7-8-14(12)20-16)19-15(21)11-5-3-2-4-6-11/h2-10H,1H3,(H,19,21)(H,17,18,20). The molecular weight excluding hydrogens is 264 g/mol. The fraction of sp³-hybridized carbons (Fsp3) is 0.0625. The Morgan fingerprint density at radius 2 is 1.90 bits per heavy atom. The van der Waals surface area contributed by atoms with Gasteiger partial charge in [0, 0.05) is 29.9 Å². The van der Waals surface area contributed by atoms with Crippen molar-refractivity contribution in [2.75, 3.05) is 17.7 Å². The second-order valence-corrected chi connectivity index (χ2v) is 4.54. The molecule has 0 unspecified atom stereocenters. The van der Waals surface area contributed by atoms with E-state index in [1.54, 1.807) is 25.4 Å². The van der Waals surface area contributed by atoms with Gasteiger partial charge in [-0.15, -0.1) is 0 Å². The fourth-order valence-electron chi connectivity index (χ4n) is 2.02. The zero-order valence-corrected chi connectivity index (χ0v) is 11.5. The van der Waals surface area contributed by atoms with E-state index in [4.69, 9.17) is 0 Å². The number of fused-ring (bicyclic) bond motifs is 1. The average molecular weight is 278 g/mol. The van der Waals surface area contributed by atoms with Gasteiger partial charge in [0.15, 0.2) is 0 Å². The van der Waals surface area contributed by atoms with Crippen molar-refractivity contribution in [2.24, 2.45) is 0 Å². The fourth-order valence-corrected chi connectivity index (χ4v) is 2.02. The van der Waals surface area contributed by atoms with E-state index < -0.39 is 0 Å². The van der Waals surface area contributed by atoms with Gasteiger partial charge in [0.05, 0.1) is 5.52 Å². The van der Waals surface area contributed by atoms with Crippen molar-refractivity contribution in [1.82, 2.24) is 9.97 Å². The largest absolute Gasteiger partial charge is 0.357 e. The minimum atomic E-state index is -0.136. The van der Waals surface area contributed by atoms with Crippen LogP contribution >= 0.6 is 0 Å². The van der Waals surface area contributed by atoms with Crippen LogP contribution in [0.15, 0.2) is 54.7 Å². The van der Waals surface area contributed by atoms with Crippen molar-refractivity contribution in [3.63, 3.8) is 0 Å². The lowest BCUT2D eigenvalue weighted by Gasteiger charge is -2.07. The lowest BCUT2D eigenvalue weighted by atomic mass is 10.2.